The molecule has 3 rings (SSSR count). The van der Waals surface area contributed by atoms with E-state index in [4.69, 9.17) is 4.74 Å². The van der Waals surface area contributed by atoms with Crippen LogP contribution in [0.25, 0.3) is 0 Å². The maximum Gasteiger partial charge on any atom is 0.338 e. The number of carbonyl (C=O) groups is 1. The van der Waals surface area contributed by atoms with Crippen molar-refractivity contribution in [2.75, 3.05) is 23.0 Å². The Kier molecular flexibility index (Phi) is 6.44. The fraction of sp³-hybridized carbons (Fsp3) is 0.500. The van der Waals surface area contributed by atoms with E-state index in [0.29, 0.717) is 18.2 Å². The average Bonchev–Trinajstić information content (AvgIpc) is 2.68. The first-order valence-corrected chi connectivity index (χ1v) is 11.1. The number of benzene rings is 2. The lowest BCUT2D eigenvalue weighted by atomic mass is 9.77. The van der Waals surface area contributed by atoms with Gasteiger partial charge in [-0.3, -0.25) is 0 Å². The largest absolute Gasteiger partial charge is 0.462 e. The van der Waals surface area contributed by atoms with Crippen molar-refractivity contribution in [3.05, 3.63) is 53.6 Å². The van der Waals surface area contributed by atoms with E-state index in [-0.39, 0.29) is 17.4 Å². The van der Waals surface area contributed by atoms with Gasteiger partial charge in [0.2, 0.25) is 0 Å². The van der Waals surface area contributed by atoms with Gasteiger partial charge in [-0.25, -0.2) is 4.79 Å². The number of anilines is 3. The topological polar surface area (TPSA) is 32.8 Å². The van der Waals surface area contributed by atoms with Gasteiger partial charge in [0.05, 0.1) is 12.2 Å². The molecule has 0 aromatic heterocycles. The third-order valence-corrected chi connectivity index (χ3v) is 6.07. The summed E-state index contributed by atoms with van der Waals surface area (Å²) < 4.78 is 5.12. The van der Waals surface area contributed by atoms with Crippen LogP contribution < -0.4 is 9.80 Å². The number of hydrogen-bond acceptors (Lipinski definition) is 4. The van der Waals surface area contributed by atoms with Crippen LogP contribution in [0.1, 0.15) is 70.8 Å². The highest BCUT2D eigenvalue weighted by Crippen LogP contribution is 2.43. The molecule has 162 valence electrons. The van der Waals surface area contributed by atoms with Crippen molar-refractivity contribution in [2.45, 2.75) is 72.4 Å². The van der Waals surface area contributed by atoms with Gasteiger partial charge in [0.15, 0.2) is 0 Å². The molecule has 0 bridgehead atoms. The number of esters is 1. The van der Waals surface area contributed by atoms with Gasteiger partial charge in [-0.1, -0.05) is 19.9 Å². The standard InChI is InChI=1S/C26H36N2O2/c1-8-30-25(29)20-9-11-21(12-10-20)28(19(4)5)22-13-14-23-24(17-22)27(18(2)3)16-15-26(23,6)7/h9-14,17-19H,8,15-16H2,1-7H3. The Morgan fingerprint density at radius 3 is 2.27 bits per heavy atom. The van der Waals surface area contributed by atoms with Crippen LogP contribution >= 0.6 is 0 Å². The molecular formula is C26H36N2O2. The maximum atomic E-state index is 12.0. The van der Waals surface area contributed by atoms with Gasteiger partial charge in [0, 0.05) is 35.7 Å². The molecule has 1 aliphatic rings. The van der Waals surface area contributed by atoms with E-state index in [1.165, 1.54) is 23.4 Å². The number of nitrogens with zero attached hydrogens (tertiary/aromatic N) is 2. The quantitative estimate of drug-likeness (QED) is 0.525. The molecule has 30 heavy (non-hydrogen) atoms. The van der Waals surface area contributed by atoms with Crippen LogP contribution in [-0.4, -0.2) is 31.2 Å². The highest BCUT2D eigenvalue weighted by atomic mass is 16.5. The van der Waals surface area contributed by atoms with Crippen LogP contribution in [0.4, 0.5) is 17.1 Å². The van der Waals surface area contributed by atoms with E-state index in [9.17, 15) is 4.79 Å². The molecule has 4 heteroatoms. The SMILES string of the molecule is CCOC(=O)c1ccc(N(c2ccc3c(c2)N(C(C)C)CCC3(C)C)C(C)C)cc1. The molecule has 2 aromatic carbocycles. The Morgan fingerprint density at radius 2 is 1.70 bits per heavy atom. The normalized spacial score (nSPS) is 15.3. The zero-order valence-electron chi connectivity index (χ0n) is 19.5. The molecule has 0 saturated heterocycles. The summed E-state index contributed by atoms with van der Waals surface area (Å²) in [4.78, 5) is 16.9. The maximum absolute atomic E-state index is 12.0. The molecule has 0 amide bonds. The first-order chi connectivity index (χ1) is 14.2. The van der Waals surface area contributed by atoms with Crippen molar-refractivity contribution in [1.82, 2.24) is 0 Å². The molecule has 4 nitrogen and oxygen atoms in total. The van der Waals surface area contributed by atoms with Crippen LogP contribution in [0.5, 0.6) is 0 Å². The molecule has 0 unspecified atom stereocenters. The molecule has 0 aliphatic carbocycles. The highest BCUT2D eigenvalue weighted by Gasteiger charge is 2.32. The Morgan fingerprint density at radius 1 is 1.07 bits per heavy atom. The van der Waals surface area contributed by atoms with Gasteiger partial charge < -0.3 is 14.5 Å². The first-order valence-electron chi connectivity index (χ1n) is 11.1. The van der Waals surface area contributed by atoms with Crippen molar-refractivity contribution in [3.63, 3.8) is 0 Å². The fourth-order valence-electron chi connectivity index (χ4n) is 4.39. The zero-order chi connectivity index (χ0) is 22.1. The van der Waals surface area contributed by atoms with E-state index in [2.05, 4.69) is 69.5 Å². The van der Waals surface area contributed by atoms with Crippen molar-refractivity contribution in [3.8, 4) is 0 Å². The minimum absolute atomic E-state index is 0.184. The van der Waals surface area contributed by atoms with Gasteiger partial charge in [0.25, 0.3) is 0 Å². The van der Waals surface area contributed by atoms with Gasteiger partial charge in [-0.15, -0.1) is 0 Å². The predicted octanol–water partition coefficient (Wildman–Crippen LogP) is 6.31. The first kappa shape index (κ1) is 22.2. The molecule has 0 radical (unpaired) electrons. The Hall–Kier alpha value is -2.49. The summed E-state index contributed by atoms with van der Waals surface area (Å²) in [6.45, 7) is 16.9. The van der Waals surface area contributed by atoms with Crippen LogP contribution in [0.2, 0.25) is 0 Å². The van der Waals surface area contributed by atoms with Crippen molar-refractivity contribution >= 4 is 23.0 Å². The number of rotatable bonds is 6. The van der Waals surface area contributed by atoms with Gasteiger partial charge in [-0.2, -0.15) is 0 Å². The van der Waals surface area contributed by atoms with E-state index >= 15 is 0 Å². The van der Waals surface area contributed by atoms with Crippen molar-refractivity contribution < 1.29 is 9.53 Å². The lowest BCUT2D eigenvalue weighted by Gasteiger charge is -2.43. The van der Waals surface area contributed by atoms with Crippen molar-refractivity contribution in [2.24, 2.45) is 0 Å². The molecule has 0 saturated carbocycles. The second-order valence-corrected chi connectivity index (χ2v) is 9.35. The van der Waals surface area contributed by atoms with Gasteiger partial charge >= 0.3 is 5.97 Å². The van der Waals surface area contributed by atoms with E-state index in [1.807, 2.05) is 31.2 Å². The minimum atomic E-state index is -0.274. The third-order valence-electron chi connectivity index (χ3n) is 6.07. The molecule has 0 spiro atoms. The van der Waals surface area contributed by atoms with Gasteiger partial charge in [0.1, 0.15) is 0 Å². The average molecular weight is 409 g/mol. The minimum Gasteiger partial charge on any atom is -0.462 e. The smallest absolute Gasteiger partial charge is 0.338 e. The molecule has 0 fully saturated rings. The van der Waals surface area contributed by atoms with Gasteiger partial charge in [-0.05, 0) is 88.4 Å². The zero-order valence-corrected chi connectivity index (χ0v) is 19.5. The summed E-state index contributed by atoms with van der Waals surface area (Å²) in [5.74, 6) is -0.274. The van der Waals surface area contributed by atoms with Crippen LogP contribution in [0.15, 0.2) is 42.5 Å². The second-order valence-electron chi connectivity index (χ2n) is 9.35. The number of carbonyl (C=O) groups excluding carboxylic acids is 1. The van der Waals surface area contributed by atoms with Crippen LogP contribution in [-0.2, 0) is 10.2 Å². The van der Waals surface area contributed by atoms with E-state index in [1.54, 1.807) is 0 Å². The summed E-state index contributed by atoms with van der Waals surface area (Å²) in [7, 11) is 0. The molecular weight excluding hydrogens is 372 g/mol. The number of hydrogen-bond donors (Lipinski definition) is 0. The van der Waals surface area contributed by atoms with Crippen molar-refractivity contribution in [1.29, 1.82) is 0 Å². The highest BCUT2D eigenvalue weighted by molar-refractivity contribution is 5.90. The fourth-order valence-corrected chi connectivity index (χ4v) is 4.39. The molecule has 2 aromatic rings. The number of ether oxygens (including phenoxy) is 1. The molecule has 1 aliphatic heterocycles. The number of fused-ring (bicyclic) bond motifs is 1. The Bertz CT molecular complexity index is 884. The second kappa shape index (κ2) is 8.71. The Labute approximate surface area is 181 Å². The van der Waals surface area contributed by atoms with E-state index < -0.39 is 0 Å². The Balaban J connectivity index is 2.01. The summed E-state index contributed by atoms with van der Waals surface area (Å²) in [6.07, 6.45) is 1.17. The molecule has 0 atom stereocenters. The molecule has 1 heterocycles. The van der Waals surface area contributed by atoms with Crippen LogP contribution in [0, 0.1) is 0 Å². The summed E-state index contributed by atoms with van der Waals surface area (Å²) in [5.41, 5.74) is 5.78. The monoisotopic (exact) mass is 408 g/mol. The predicted molar refractivity (Wildman–Crippen MR) is 126 cm³/mol. The third kappa shape index (κ3) is 4.33. The van der Waals surface area contributed by atoms with Crippen LogP contribution in [0.3, 0.4) is 0 Å². The molecule has 0 N–H and O–H groups in total. The summed E-state index contributed by atoms with van der Waals surface area (Å²) >= 11 is 0. The van der Waals surface area contributed by atoms with E-state index in [0.717, 1.165) is 12.2 Å². The lowest BCUT2D eigenvalue weighted by molar-refractivity contribution is 0.0526. The summed E-state index contributed by atoms with van der Waals surface area (Å²) in [5, 5.41) is 0. The lowest BCUT2D eigenvalue weighted by Crippen LogP contribution is -2.41. The summed E-state index contributed by atoms with van der Waals surface area (Å²) in [6, 6.07) is 15.4.